The fraction of sp³-hybridized carbons (Fsp3) is 0.120. The van der Waals surface area contributed by atoms with E-state index in [1.54, 1.807) is 0 Å². The Labute approximate surface area is 170 Å². The Morgan fingerprint density at radius 3 is 2.03 bits per heavy atom. The van der Waals surface area contributed by atoms with Crippen LogP contribution >= 0.6 is 0 Å². The number of carbonyl (C=O) groups excluding carboxylic acids is 1. The van der Waals surface area contributed by atoms with Gasteiger partial charge in [0.15, 0.2) is 0 Å². The first-order chi connectivity index (χ1) is 14.1. The molecule has 144 valence electrons. The van der Waals surface area contributed by atoms with Crippen LogP contribution in [0.4, 0.5) is 0 Å². The third kappa shape index (κ3) is 3.83. The van der Waals surface area contributed by atoms with Crippen LogP contribution in [-0.4, -0.2) is 15.7 Å². The molecule has 4 rings (SSSR count). The van der Waals surface area contributed by atoms with Gasteiger partial charge in [-0.25, -0.2) is 4.68 Å². The molecule has 0 radical (unpaired) electrons. The van der Waals surface area contributed by atoms with Gasteiger partial charge >= 0.3 is 0 Å². The topological polar surface area (TPSA) is 46.9 Å². The lowest BCUT2D eigenvalue weighted by Gasteiger charge is -2.15. The van der Waals surface area contributed by atoms with Crippen LogP contribution < -0.4 is 5.32 Å². The highest BCUT2D eigenvalue weighted by Crippen LogP contribution is 2.28. The molecule has 29 heavy (non-hydrogen) atoms. The number of aromatic nitrogens is 2. The van der Waals surface area contributed by atoms with Crippen molar-refractivity contribution in [2.45, 2.75) is 19.9 Å². The Hall–Kier alpha value is -3.66. The monoisotopic (exact) mass is 381 g/mol. The maximum absolute atomic E-state index is 13.3. The minimum absolute atomic E-state index is 0.105. The first kappa shape index (κ1) is 18.7. The van der Waals surface area contributed by atoms with E-state index in [1.165, 1.54) is 0 Å². The molecule has 0 unspecified atom stereocenters. The van der Waals surface area contributed by atoms with Crippen molar-refractivity contribution in [1.29, 1.82) is 0 Å². The van der Waals surface area contributed by atoms with Gasteiger partial charge in [0.05, 0.1) is 23.0 Å². The van der Waals surface area contributed by atoms with E-state index in [2.05, 4.69) is 5.32 Å². The summed E-state index contributed by atoms with van der Waals surface area (Å²) in [5.41, 5.74) is 5.01. The van der Waals surface area contributed by atoms with Gasteiger partial charge in [0, 0.05) is 5.56 Å². The molecule has 0 spiro atoms. The second-order valence-corrected chi connectivity index (χ2v) is 7.03. The molecule has 1 heterocycles. The largest absolute Gasteiger partial charge is 0.345 e. The molecule has 4 nitrogen and oxygen atoms in total. The van der Waals surface area contributed by atoms with Crippen LogP contribution in [0.15, 0.2) is 91.0 Å². The Morgan fingerprint density at radius 2 is 1.41 bits per heavy atom. The van der Waals surface area contributed by atoms with Crippen LogP contribution in [0.2, 0.25) is 0 Å². The standard InChI is InChI=1S/C25H23N3O/c1-18(20-12-6-3-7-13-20)26-25(29)23-19(2)28(22-16-10-5-11-17-22)27-24(23)21-14-8-4-9-15-21/h3-18H,1-2H3,(H,26,29)/t18-/m1/s1. The fourth-order valence-electron chi connectivity index (χ4n) is 3.49. The minimum atomic E-state index is -0.125. The molecule has 0 saturated heterocycles. The summed E-state index contributed by atoms with van der Waals surface area (Å²) >= 11 is 0. The Balaban J connectivity index is 1.77. The number of rotatable bonds is 5. The molecular formula is C25H23N3O. The Kier molecular flexibility index (Phi) is 5.25. The lowest BCUT2D eigenvalue weighted by Crippen LogP contribution is -2.27. The van der Waals surface area contributed by atoms with Gasteiger partial charge in [0.1, 0.15) is 5.69 Å². The average Bonchev–Trinajstić information content (AvgIpc) is 3.13. The second-order valence-electron chi connectivity index (χ2n) is 7.03. The van der Waals surface area contributed by atoms with Gasteiger partial charge in [0.25, 0.3) is 5.91 Å². The number of nitrogens with zero attached hydrogens (tertiary/aromatic N) is 2. The third-order valence-corrected chi connectivity index (χ3v) is 5.04. The molecule has 1 aromatic heterocycles. The molecule has 3 aromatic carbocycles. The molecule has 4 heteroatoms. The summed E-state index contributed by atoms with van der Waals surface area (Å²) in [7, 11) is 0. The van der Waals surface area contributed by atoms with Gasteiger partial charge in [-0.05, 0) is 31.5 Å². The van der Waals surface area contributed by atoms with Gasteiger partial charge in [-0.1, -0.05) is 78.9 Å². The SMILES string of the molecule is Cc1c(C(=O)N[C@H](C)c2ccccc2)c(-c2ccccc2)nn1-c1ccccc1. The van der Waals surface area contributed by atoms with E-state index < -0.39 is 0 Å². The van der Waals surface area contributed by atoms with Crippen LogP contribution in [0.25, 0.3) is 16.9 Å². The van der Waals surface area contributed by atoms with Crippen molar-refractivity contribution in [3.63, 3.8) is 0 Å². The normalized spacial score (nSPS) is 11.8. The number of amides is 1. The summed E-state index contributed by atoms with van der Waals surface area (Å²) in [6, 6.07) is 29.6. The molecule has 0 aliphatic rings. The van der Waals surface area contributed by atoms with Crippen molar-refractivity contribution >= 4 is 5.91 Å². The van der Waals surface area contributed by atoms with Crippen molar-refractivity contribution in [2.75, 3.05) is 0 Å². The molecule has 0 bridgehead atoms. The Morgan fingerprint density at radius 1 is 0.862 bits per heavy atom. The first-order valence-electron chi connectivity index (χ1n) is 9.71. The van der Waals surface area contributed by atoms with E-state index in [-0.39, 0.29) is 11.9 Å². The first-order valence-corrected chi connectivity index (χ1v) is 9.71. The zero-order valence-corrected chi connectivity index (χ0v) is 16.5. The average molecular weight is 381 g/mol. The lowest BCUT2D eigenvalue weighted by atomic mass is 10.0. The number of benzene rings is 3. The molecule has 1 N–H and O–H groups in total. The zero-order valence-electron chi connectivity index (χ0n) is 16.5. The van der Waals surface area contributed by atoms with Gasteiger partial charge in [-0.15, -0.1) is 0 Å². The van der Waals surface area contributed by atoms with Crippen molar-refractivity contribution in [2.24, 2.45) is 0 Å². The van der Waals surface area contributed by atoms with Gasteiger partial charge in [-0.3, -0.25) is 4.79 Å². The van der Waals surface area contributed by atoms with Crippen LogP contribution in [-0.2, 0) is 0 Å². The van der Waals surface area contributed by atoms with Crippen LogP contribution in [0.5, 0.6) is 0 Å². The molecule has 1 amide bonds. The van der Waals surface area contributed by atoms with E-state index in [0.717, 1.165) is 22.5 Å². The second kappa shape index (κ2) is 8.15. The van der Waals surface area contributed by atoms with Gasteiger partial charge in [0.2, 0.25) is 0 Å². The molecule has 0 fully saturated rings. The molecule has 0 aliphatic carbocycles. The molecule has 0 saturated carbocycles. The van der Waals surface area contributed by atoms with Gasteiger partial charge in [-0.2, -0.15) is 5.10 Å². The highest BCUT2D eigenvalue weighted by Gasteiger charge is 2.24. The summed E-state index contributed by atoms with van der Waals surface area (Å²) in [5.74, 6) is -0.125. The third-order valence-electron chi connectivity index (χ3n) is 5.04. The van der Waals surface area contributed by atoms with E-state index in [9.17, 15) is 4.79 Å². The van der Waals surface area contributed by atoms with E-state index in [0.29, 0.717) is 11.3 Å². The lowest BCUT2D eigenvalue weighted by molar-refractivity contribution is 0.0940. The van der Waals surface area contributed by atoms with Crippen LogP contribution in [0.1, 0.15) is 34.6 Å². The summed E-state index contributed by atoms with van der Waals surface area (Å²) < 4.78 is 1.84. The quantitative estimate of drug-likeness (QED) is 0.507. The number of nitrogens with one attached hydrogen (secondary N) is 1. The maximum Gasteiger partial charge on any atom is 0.255 e. The zero-order chi connectivity index (χ0) is 20.2. The number of hydrogen-bond acceptors (Lipinski definition) is 2. The molecule has 0 aliphatic heterocycles. The van der Waals surface area contributed by atoms with Crippen molar-refractivity contribution < 1.29 is 4.79 Å². The summed E-state index contributed by atoms with van der Waals surface area (Å²) in [5, 5.41) is 7.94. The maximum atomic E-state index is 13.3. The number of hydrogen-bond donors (Lipinski definition) is 1. The van der Waals surface area contributed by atoms with Crippen LogP contribution in [0, 0.1) is 6.92 Å². The van der Waals surface area contributed by atoms with E-state index >= 15 is 0 Å². The molecule has 4 aromatic rings. The highest BCUT2D eigenvalue weighted by molar-refractivity contribution is 6.01. The minimum Gasteiger partial charge on any atom is -0.345 e. The van der Waals surface area contributed by atoms with Crippen molar-refractivity contribution in [3.05, 3.63) is 108 Å². The Bertz CT molecular complexity index is 1100. The summed E-state index contributed by atoms with van der Waals surface area (Å²) in [6.45, 7) is 3.93. The van der Waals surface area contributed by atoms with Crippen LogP contribution in [0.3, 0.4) is 0 Å². The fourth-order valence-corrected chi connectivity index (χ4v) is 3.49. The van der Waals surface area contributed by atoms with Crippen molar-refractivity contribution in [3.8, 4) is 16.9 Å². The highest BCUT2D eigenvalue weighted by atomic mass is 16.1. The summed E-state index contributed by atoms with van der Waals surface area (Å²) in [4.78, 5) is 13.3. The van der Waals surface area contributed by atoms with E-state index in [1.807, 2.05) is 110 Å². The smallest absolute Gasteiger partial charge is 0.255 e. The van der Waals surface area contributed by atoms with E-state index in [4.69, 9.17) is 5.10 Å². The summed E-state index contributed by atoms with van der Waals surface area (Å²) in [6.07, 6.45) is 0. The number of carbonyl (C=O) groups is 1. The predicted octanol–water partition coefficient (Wildman–Crippen LogP) is 5.34. The molecule has 1 atom stereocenters. The predicted molar refractivity (Wildman–Crippen MR) is 116 cm³/mol. The number of para-hydroxylation sites is 1. The molecular weight excluding hydrogens is 358 g/mol. The van der Waals surface area contributed by atoms with Gasteiger partial charge < -0.3 is 5.32 Å². The van der Waals surface area contributed by atoms with Crippen molar-refractivity contribution in [1.82, 2.24) is 15.1 Å².